The van der Waals surface area contributed by atoms with Gasteiger partial charge >= 0.3 is 0 Å². The van der Waals surface area contributed by atoms with E-state index in [0.717, 1.165) is 11.1 Å². The molecule has 1 amide bonds. The zero-order chi connectivity index (χ0) is 17.0. The molecule has 0 atom stereocenters. The van der Waals surface area contributed by atoms with E-state index in [2.05, 4.69) is 5.32 Å². The lowest BCUT2D eigenvalue weighted by molar-refractivity contribution is 0.0963. The van der Waals surface area contributed by atoms with Crippen LogP contribution in [0.1, 0.15) is 21.5 Å². The van der Waals surface area contributed by atoms with Gasteiger partial charge in [-0.3, -0.25) is 9.10 Å². The maximum absolute atomic E-state index is 12.1. The van der Waals surface area contributed by atoms with E-state index >= 15 is 0 Å². The van der Waals surface area contributed by atoms with Crippen molar-refractivity contribution < 1.29 is 13.2 Å². The standard InChI is InChI=1S/C17H20N2O3S/c1-13-4-6-14(7-5-13)12-19(23(3,21)22)16-10-8-15(9-11-16)17(20)18-2/h4-11H,12H2,1-3H3,(H,18,20). The lowest BCUT2D eigenvalue weighted by atomic mass is 10.1. The Labute approximate surface area is 137 Å². The van der Waals surface area contributed by atoms with E-state index in [1.807, 2.05) is 31.2 Å². The summed E-state index contributed by atoms with van der Waals surface area (Å²) in [5, 5.41) is 2.53. The lowest BCUT2D eigenvalue weighted by Crippen LogP contribution is -2.29. The third-order valence-electron chi connectivity index (χ3n) is 3.49. The van der Waals surface area contributed by atoms with E-state index in [1.165, 1.54) is 10.6 Å². The fraction of sp³-hybridized carbons (Fsp3) is 0.235. The molecular weight excluding hydrogens is 312 g/mol. The summed E-state index contributed by atoms with van der Waals surface area (Å²) in [6.45, 7) is 2.23. The van der Waals surface area contributed by atoms with Crippen molar-refractivity contribution in [2.75, 3.05) is 17.6 Å². The summed E-state index contributed by atoms with van der Waals surface area (Å²) in [5.41, 5.74) is 3.03. The van der Waals surface area contributed by atoms with E-state index in [9.17, 15) is 13.2 Å². The number of hydrogen-bond donors (Lipinski definition) is 1. The number of hydrogen-bond acceptors (Lipinski definition) is 3. The molecular formula is C17H20N2O3S. The predicted octanol–water partition coefficient (Wildman–Crippen LogP) is 2.32. The highest BCUT2D eigenvalue weighted by Gasteiger charge is 2.18. The second-order valence-electron chi connectivity index (χ2n) is 5.38. The summed E-state index contributed by atoms with van der Waals surface area (Å²) in [6.07, 6.45) is 1.17. The van der Waals surface area contributed by atoms with Gasteiger partial charge in [0, 0.05) is 12.6 Å². The quantitative estimate of drug-likeness (QED) is 0.914. The average molecular weight is 332 g/mol. The highest BCUT2D eigenvalue weighted by Crippen LogP contribution is 2.21. The molecule has 0 saturated carbocycles. The zero-order valence-corrected chi connectivity index (χ0v) is 14.2. The van der Waals surface area contributed by atoms with Gasteiger partial charge in [0.1, 0.15) is 0 Å². The van der Waals surface area contributed by atoms with Crippen LogP contribution in [0.3, 0.4) is 0 Å². The first-order valence-electron chi connectivity index (χ1n) is 7.16. The molecule has 0 spiro atoms. The number of carbonyl (C=O) groups is 1. The Morgan fingerprint density at radius 2 is 1.61 bits per heavy atom. The van der Waals surface area contributed by atoms with Gasteiger partial charge in [0.05, 0.1) is 18.5 Å². The van der Waals surface area contributed by atoms with Crippen LogP contribution in [0.4, 0.5) is 5.69 Å². The van der Waals surface area contributed by atoms with Gasteiger partial charge in [0.15, 0.2) is 0 Å². The molecule has 0 aliphatic heterocycles. The first kappa shape index (κ1) is 17.0. The number of benzene rings is 2. The molecule has 0 saturated heterocycles. The molecule has 1 N–H and O–H groups in total. The van der Waals surface area contributed by atoms with Crippen molar-refractivity contribution in [3.8, 4) is 0 Å². The van der Waals surface area contributed by atoms with Crippen LogP contribution in [0.5, 0.6) is 0 Å². The van der Waals surface area contributed by atoms with Crippen molar-refractivity contribution in [3.05, 3.63) is 65.2 Å². The van der Waals surface area contributed by atoms with Gasteiger partial charge in [-0.05, 0) is 36.8 Å². The highest BCUT2D eigenvalue weighted by atomic mass is 32.2. The van der Waals surface area contributed by atoms with E-state index in [1.54, 1.807) is 31.3 Å². The van der Waals surface area contributed by atoms with Gasteiger partial charge in [-0.1, -0.05) is 29.8 Å². The largest absolute Gasteiger partial charge is 0.355 e. The number of amides is 1. The highest BCUT2D eigenvalue weighted by molar-refractivity contribution is 7.92. The van der Waals surface area contributed by atoms with Crippen LogP contribution in [0.15, 0.2) is 48.5 Å². The number of aryl methyl sites for hydroxylation is 1. The van der Waals surface area contributed by atoms with Crippen molar-refractivity contribution in [2.45, 2.75) is 13.5 Å². The van der Waals surface area contributed by atoms with Gasteiger partial charge in [-0.2, -0.15) is 0 Å². The minimum absolute atomic E-state index is 0.207. The molecule has 0 aromatic heterocycles. The monoisotopic (exact) mass is 332 g/mol. The minimum Gasteiger partial charge on any atom is -0.355 e. The van der Waals surface area contributed by atoms with Crippen LogP contribution in [0.2, 0.25) is 0 Å². The molecule has 0 bridgehead atoms. The molecule has 0 radical (unpaired) electrons. The fourth-order valence-corrected chi connectivity index (χ4v) is 3.07. The summed E-state index contributed by atoms with van der Waals surface area (Å²) in [6, 6.07) is 14.2. The van der Waals surface area contributed by atoms with Crippen molar-refractivity contribution in [1.82, 2.24) is 5.32 Å². The SMILES string of the molecule is CNC(=O)c1ccc(N(Cc2ccc(C)cc2)S(C)(=O)=O)cc1. The Hall–Kier alpha value is -2.34. The van der Waals surface area contributed by atoms with Crippen LogP contribution >= 0.6 is 0 Å². The third kappa shape index (κ3) is 4.32. The number of sulfonamides is 1. The van der Waals surface area contributed by atoms with Crippen LogP contribution in [-0.4, -0.2) is 27.6 Å². The van der Waals surface area contributed by atoms with Gasteiger partial charge in [0.2, 0.25) is 10.0 Å². The number of rotatable bonds is 5. The minimum atomic E-state index is -3.43. The van der Waals surface area contributed by atoms with Crippen LogP contribution in [0, 0.1) is 6.92 Å². The van der Waals surface area contributed by atoms with E-state index < -0.39 is 10.0 Å². The Morgan fingerprint density at radius 3 is 2.09 bits per heavy atom. The molecule has 0 aliphatic rings. The van der Waals surface area contributed by atoms with Crippen LogP contribution < -0.4 is 9.62 Å². The Balaban J connectivity index is 2.32. The number of carbonyl (C=O) groups excluding carboxylic acids is 1. The lowest BCUT2D eigenvalue weighted by Gasteiger charge is -2.22. The molecule has 2 aromatic carbocycles. The first-order chi connectivity index (χ1) is 10.8. The second kappa shape index (κ2) is 6.83. The predicted molar refractivity (Wildman–Crippen MR) is 92.0 cm³/mol. The number of nitrogens with zero attached hydrogens (tertiary/aromatic N) is 1. The zero-order valence-electron chi connectivity index (χ0n) is 13.4. The van der Waals surface area contributed by atoms with Crippen molar-refractivity contribution in [1.29, 1.82) is 0 Å². The fourth-order valence-electron chi connectivity index (χ4n) is 2.18. The molecule has 2 aromatic rings. The number of anilines is 1. The molecule has 0 aliphatic carbocycles. The first-order valence-corrected chi connectivity index (χ1v) is 9.01. The maximum atomic E-state index is 12.1. The summed E-state index contributed by atoms with van der Waals surface area (Å²) >= 11 is 0. The van der Waals surface area contributed by atoms with Gasteiger partial charge < -0.3 is 5.32 Å². The van der Waals surface area contributed by atoms with Gasteiger partial charge in [-0.25, -0.2) is 8.42 Å². The van der Waals surface area contributed by atoms with E-state index in [0.29, 0.717) is 11.3 Å². The summed E-state index contributed by atoms with van der Waals surface area (Å²) in [4.78, 5) is 11.6. The van der Waals surface area contributed by atoms with Crippen molar-refractivity contribution >= 4 is 21.6 Å². The Morgan fingerprint density at radius 1 is 1.04 bits per heavy atom. The molecule has 0 fully saturated rings. The van der Waals surface area contributed by atoms with Gasteiger partial charge in [-0.15, -0.1) is 0 Å². The average Bonchev–Trinajstić information content (AvgIpc) is 2.52. The maximum Gasteiger partial charge on any atom is 0.251 e. The van der Waals surface area contributed by atoms with Crippen LogP contribution in [-0.2, 0) is 16.6 Å². The normalized spacial score (nSPS) is 11.1. The molecule has 6 heteroatoms. The van der Waals surface area contributed by atoms with Crippen molar-refractivity contribution in [2.24, 2.45) is 0 Å². The molecule has 0 unspecified atom stereocenters. The summed E-state index contributed by atoms with van der Waals surface area (Å²) in [5.74, 6) is -0.207. The van der Waals surface area contributed by atoms with Gasteiger partial charge in [0.25, 0.3) is 5.91 Å². The third-order valence-corrected chi connectivity index (χ3v) is 4.63. The molecule has 122 valence electrons. The Bertz CT molecular complexity index is 782. The molecule has 23 heavy (non-hydrogen) atoms. The van der Waals surface area contributed by atoms with E-state index in [-0.39, 0.29) is 12.5 Å². The number of nitrogens with one attached hydrogen (secondary N) is 1. The smallest absolute Gasteiger partial charge is 0.251 e. The summed E-state index contributed by atoms with van der Waals surface area (Å²) in [7, 11) is -1.88. The van der Waals surface area contributed by atoms with Crippen LogP contribution in [0.25, 0.3) is 0 Å². The van der Waals surface area contributed by atoms with Crippen molar-refractivity contribution in [3.63, 3.8) is 0 Å². The van der Waals surface area contributed by atoms with E-state index in [4.69, 9.17) is 0 Å². The molecule has 0 heterocycles. The Kier molecular flexibility index (Phi) is 5.05. The summed E-state index contributed by atoms with van der Waals surface area (Å²) < 4.78 is 25.6. The molecule has 2 rings (SSSR count). The molecule has 5 nitrogen and oxygen atoms in total. The topological polar surface area (TPSA) is 66.5 Å². The second-order valence-corrected chi connectivity index (χ2v) is 7.29.